The molecule has 1 fully saturated rings. The van der Waals surface area contributed by atoms with E-state index in [1.165, 1.54) is 11.3 Å². The van der Waals surface area contributed by atoms with Crippen molar-refractivity contribution in [3.05, 3.63) is 24.5 Å². The Kier molecular flexibility index (Phi) is 2.07. The predicted molar refractivity (Wildman–Crippen MR) is 60.3 cm³/mol. The van der Waals surface area contributed by atoms with Gasteiger partial charge in [0.25, 0.3) is 0 Å². The van der Waals surface area contributed by atoms with Crippen LogP contribution in [0.5, 0.6) is 0 Å². The fourth-order valence-corrected chi connectivity index (χ4v) is 2.10. The monoisotopic (exact) mass is 202 g/mol. The number of fused-ring (bicyclic) bond motifs is 1. The average Bonchev–Trinajstić information content (AvgIpc) is 2.78. The molecule has 0 amide bonds. The molecule has 4 heteroatoms. The second-order valence-electron chi connectivity index (χ2n) is 3.82. The van der Waals surface area contributed by atoms with Gasteiger partial charge in [-0.15, -0.1) is 0 Å². The number of anilines is 1. The molecule has 0 aromatic heterocycles. The number of nitrogens with one attached hydrogen (secondary N) is 2. The van der Waals surface area contributed by atoms with Crippen LogP contribution in [-0.2, 0) is 0 Å². The second kappa shape index (κ2) is 3.55. The summed E-state index contributed by atoms with van der Waals surface area (Å²) in [5, 5.41) is 3.35. The molecule has 1 saturated heterocycles. The molecule has 0 aromatic carbocycles. The first-order chi connectivity index (χ1) is 7.45. The fraction of sp³-hybridized carbons (Fsp3) is 0.364. The third kappa shape index (κ3) is 1.47. The van der Waals surface area contributed by atoms with Crippen molar-refractivity contribution in [2.75, 3.05) is 31.1 Å². The molecule has 0 spiro atoms. The van der Waals surface area contributed by atoms with E-state index in [0.717, 1.165) is 32.0 Å². The van der Waals surface area contributed by atoms with E-state index in [1.54, 1.807) is 6.33 Å². The quantitative estimate of drug-likeness (QED) is 0.723. The molecule has 0 saturated carbocycles. The van der Waals surface area contributed by atoms with Crippen LogP contribution >= 0.6 is 0 Å². The molecular weight excluding hydrogens is 188 g/mol. The van der Waals surface area contributed by atoms with Crippen molar-refractivity contribution >= 4 is 5.82 Å². The largest absolute Gasteiger partial charge is 0.353 e. The smallest absolute Gasteiger partial charge is 0.139 e. The molecule has 0 unspecified atom stereocenters. The highest BCUT2D eigenvalue weighted by molar-refractivity contribution is 5.75. The SMILES string of the molecule is c1cc2[nH]cnc(N3CCNCC3)c-2c1. The van der Waals surface area contributed by atoms with Crippen LogP contribution in [0.25, 0.3) is 11.3 Å². The van der Waals surface area contributed by atoms with Crippen molar-refractivity contribution < 1.29 is 0 Å². The highest BCUT2D eigenvalue weighted by Gasteiger charge is 2.17. The van der Waals surface area contributed by atoms with Gasteiger partial charge in [0.2, 0.25) is 0 Å². The standard InChI is InChI=1S/C11H14N4/c1-2-9-10(3-1)13-8-14-11(9)15-6-4-12-5-7-15/h1-3,8,12H,4-7H2,(H,13,14). The summed E-state index contributed by atoms with van der Waals surface area (Å²) in [5.41, 5.74) is 2.39. The molecule has 2 heterocycles. The molecule has 2 aliphatic heterocycles. The van der Waals surface area contributed by atoms with Crippen molar-refractivity contribution in [3.8, 4) is 11.3 Å². The second-order valence-corrected chi connectivity index (χ2v) is 3.82. The van der Waals surface area contributed by atoms with Crippen LogP contribution in [0.15, 0.2) is 24.5 Å². The lowest BCUT2D eigenvalue weighted by Crippen LogP contribution is -2.44. The maximum Gasteiger partial charge on any atom is 0.139 e. The molecule has 4 nitrogen and oxygen atoms in total. The van der Waals surface area contributed by atoms with E-state index < -0.39 is 0 Å². The van der Waals surface area contributed by atoms with Crippen molar-refractivity contribution in [3.63, 3.8) is 0 Å². The molecule has 0 atom stereocenters. The van der Waals surface area contributed by atoms with Crippen LogP contribution < -0.4 is 10.2 Å². The summed E-state index contributed by atoms with van der Waals surface area (Å²) in [4.78, 5) is 9.94. The van der Waals surface area contributed by atoms with E-state index in [0.29, 0.717) is 0 Å². The Balaban J connectivity index is 1.99. The van der Waals surface area contributed by atoms with Crippen LogP contribution in [0.4, 0.5) is 5.82 Å². The van der Waals surface area contributed by atoms with E-state index in [2.05, 4.69) is 38.4 Å². The maximum atomic E-state index is 4.45. The zero-order chi connectivity index (χ0) is 10.1. The summed E-state index contributed by atoms with van der Waals surface area (Å²) in [6.45, 7) is 4.17. The van der Waals surface area contributed by atoms with Gasteiger partial charge in [0.1, 0.15) is 5.82 Å². The lowest BCUT2D eigenvalue weighted by molar-refractivity contribution is 0.585. The Morgan fingerprint density at radius 3 is 2.93 bits per heavy atom. The summed E-state index contributed by atoms with van der Waals surface area (Å²) < 4.78 is 0. The molecule has 78 valence electrons. The normalized spacial score (nSPS) is 17.2. The molecule has 0 aromatic rings. The van der Waals surface area contributed by atoms with Gasteiger partial charge < -0.3 is 15.2 Å². The van der Waals surface area contributed by atoms with Crippen LogP contribution in [-0.4, -0.2) is 36.1 Å². The molecule has 3 rings (SSSR count). The van der Waals surface area contributed by atoms with Gasteiger partial charge in [-0.05, 0) is 12.1 Å². The first-order valence-electron chi connectivity index (χ1n) is 5.33. The lowest BCUT2D eigenvalue weighted by Gasteiger charge is -2.29. The van der Waals surface area contributed by atoms with Gasteiger partial charge in [-0.25, -0.2) is 4.98 Å². The highest BCUT2D eigenvalue weighted by atomic mass is 15.2. The van der Waals surface area contributed by atoms with E-state index in [4.69, 9.17) is 0 Å². The van der Waals surface area contributed by atoms with Gasteiger partial charge in [0.05, 0.1) is 12.0 Å². The Morgan fingerprint density at radius 2 is 2.07 bits per heavy atom. The number of aromatic nitrogens is 2. The molecule has 15 heavy (non-hydrogen) atoms. The number of hydrogen-bond donors (Lipinski definition) is 2. The predicted octanol–water partition coefficient (Wildman–Crippen LogP) is 0.924. The number of rotatable bonds is 1. The molecule has 0 bridgehead atoms. The zero-order valence-corrected chi connectivity index (χ0v) is 8.53. The maximum absolute atomic E-state index is 4.45. The van der Waals surface area contributed by atoms with Gasteiger partial charge in [-0.2, -0.15) is 0 Å². The van der Waals surface area contributed by atoms with Crippen LogP contribution in [0.3, 0.4) is 0 Å². The number of aromatic amines is 1. The minimum Gasteiger partial charge on any atom is -0.353 e. The number of H-pyrrole nitrogens is 1. The lowest BCUT2D eigenvalue weighted by atomic mass is 10.2. The Bertz CT molecular complexity index is 417. The zero-order valence-electron chi connectivity index (χ0n) is 8.53. The Hall–Kier alpha value is -1.55. The van der Waals surface area contributed by atoms with Gasteiger partial charge in [0, 0.05) is 31.7 Å². The van der Waals surface area contributed by atoms with Gasteiger partial charge >= 0.3 is 0 Å². The van der Waals surface area contributed by atoms with Gasteiger partial charge in [0.15, 0.2) is 0 Å². The number of nitrogens with zero attached hydrogens (tertiary/aromatic N) is 2. The minimum absolute atomic E-state index is 1.04. The molecule has 0 radical (unpaired) electrons. The van der Waals surface area contributed by atoms with Gasteiger partial charge in [-0.3, -0.25) is 0 Å². The molecule has 1 aliphatic carbocycles. The summed E-state index contributed by atoms with van der Waals surface area (Å²) in [7, 11) is 0. The number of hydrogen-bond acceptors (Lipinski definition) is 3. The first-order valence-corrected chi connectivity index (χ1v) is 5.33. The summed E-state index contributed by atoms with van der Waals surface area (Å²) in [6.07, 6.45) is 1.78. The molecule has 2 N–H and O–H groups in total. The molecular formula is C11H14N4. The first kappa shape index (κ1) is 8.73. The summed E-state index contributed by atoms with van der Waals surface area (Å²) >= 11 is 0. The average molecular weight is 202 g/mol. The summed E-state index contributed by atoms with van der Waals surface area (Å²) in [5.74, 6) is 1.11. The van der Waals surface area contributed by atoms with Crippen molar-refractivity contribution in [1.82, 2.24) is 15.3 Å². The van der Waals surface area contributed by atoms with Crippen LogP contribution in [0, 0.1) is 0 Å². The van der Waals surface area contributed by atoms with E-state index >= 15 is 0 Å². The van der Waals surface area contributed by atoms with Crippen molar-refractivity contribution in [1.29, 1.82) is 0 Å². The fourth-order valence-electron chi connectivity index (χ4n) is 2.10. The van der Waals surface area contributed by atoms with E-state index in [1.807, 2.05) is 0 Å². The van der Waals surface area contributed by atoms with Crippen molar-refractivity contribution in [2.24, 2.45) is 0 Å². The topological polar surface area (TPSA) is 44.0 Å². The van der Waals surface area contributed by atoms with Gasteiger partial charge in [-0.1, -0.05) is 6.07 Å². The van der Waals surface area contributed by atoms with E-state index in [9.17, 15) is 0 Å². The molecule has 3 aliphatic rings. The number of piperazine rings is 1. The van der Waals surface area contributed by atoms with Crippen LogP contribution in [0.2, 0.25) is 0 Å². The Labute approximate surface area is 88.7 Å². The third-order valence-electron chi connectivity index (χ3n) is 2.88. The third-order valence-corrected chi connectivity index (χ3v) is 2.88. The van der Waals surface area contributed by atoms with Crippen LogP contribution in [0.1, 0.15) is 0 Å². The highest BCUT2D eigenvalue weighted by Crippen LogP contribution is 2.29. The van der Waals surface area contributed by atoms with E-state index in [-0.39, 0.29) is 0 Å². The minimum atomic E-state index is 1.04. The van der Waals surface area contributed by atoms with Crippen molar-refractivity contribution in [2.45, 2.75) is 0 Å². The summed E-state index contributed by atoms with van der Waals surface area (Å²) in [6, 6.07) is 6.27. The Morgan fingerprint density at radius 1 is 1.20 bits per heavy atom.